The van der Waals surface area contributed by atoms with E-state index in [2.05, 4.69) is 41.2 Å². The first-order chi connectivity index (χ1) is 10.2. The number of hydrogen-bond donors (Lipinski definition) is 1. The highest BCUT2D eigenvalue weighted by molar-refractivity contribution is 5.30. The van der Waals surface area contributed by atoms with E-state index in [0.29, 0.717) is 6.54 Å². The number of aromatic nitrogens is 1. The van der Waals surface area contributed by atoms with Crippen LogP contribution in [0.4, 0.5) is 0 Å². The van der Waals surface area contributed by atoms with Crippen molar-refractivity contribution < 1.29 is 4.74 Å². The van der Waals surface area contributed by atoms with Gasteiger partial charge in [0.15, 0.2) is 0 Å². The Hall–Kier alpha value is -1.91. The maximum Gasteiger partial charge on any atom is 0.119 e. The predicted octanol–water partition coefficient (Wildman–Crippen LogP) is 2.26. The van der Waals surface area contributed by atoms with Crippen molar-refractivity contribution in [2.45, 2.75) is 12.5 Å². The molecule has 0 amide bonds. The molecule has 0 spiro atoms. The standard InChI is InChI=1S/C17H23N3O/c1-20(11-8-14-6-9-19-10-7-14)17(13-18)15-4-3-5-16(12-15)21-2/h3-7,9-10,12,17H,8,11,13,18H2,1-2H3. The van der Waals surface area contributed by atoms with Crippen molar-refractivity contribution in [3.05, 3.63) is 59.9 Å². The molecule has 0 saturated carbocycles. The van der Waals surface area contributed by atoms with E-state index in [-0.39, 0.29) is 6.04 Å². The lowest BCUT2D eigenvalue weighted by Gasteiger charge is -2.27. The fourth-order valence-electron chi connectivity index (χ4n) is 2.43. The number of nitrogens with zero attached hydrogens (tertiary/aromatic N) is 2. The first kappa shape index (κ1) is 15.5. The fourth-order valence-corrected chi connectivity index (χ4v) is 2.43. The Morgan fingerprint density at radius 2 is 2.00 bits per heavy atom. The van der Waals surface area contributed by atoms with Crippen LogP contribution in [-0.4, -0.2) is 37.1 Å². The molecule has 2 aromatic rings. The third kappa shape index (κ3) is 4.28. The molecular formula is C17H23N3O. The molecule has 0 aliphatic rings. The van der Waals surface area contributed by atoms with Crippen LogP contribution in [0.5, 0.6) is 5.75 Å². The number of likely N-dealkylation sites (N-methyl/N-ethyl adjacent to an activating group) is 1. The summed E-state index contributed by atoms with van der Waals surface area (Å²) >= 11 is 0. The van der Waals surface area contributed by atoms with Gasteiger partial charge in [-0.3, -0.25) is 9.88 Å². The Kier molecular flexibility index (Phi) is 5.72. The van der Waals surface area contributed by atoms with Gasteiger partial charge < -0.3 is 10.5 Å². The molecule has 1 atom stereocenters. The summed E-state index contributed by atoms with van der Waals surface area (Å²) in [7, 11) is 3.79. The van der Waals surface area contributed by atoms with E-state index >= 15 is 0 Å². The molecule has 2 N–H and O–H groups in total. The molecule has 4 heteroatoms. The largest absolute Gasteiger partial charge is 0.497 e. The molecule has 1 unspecified atom stereocenters. The molecule has 0 fully saturated rings. The lowest BCUT2D eigenvalue weighted by atomic mass is 10.0. The molecule has 1 aromatic carbocycles. The van der Waals surface area contributed by atoms with Gasteiger partial charge in [-0.25, -0.2) is 0 Å². The lowest BCUT2D eigenvalue weighted by Crippen LogP contribution is -2.32. The predicted molar refractivity (Wildman–Crippen MR) is 85.4 cm³/mol. The normalized spacial score (nSPS) is 12.4. The molecule has 2 rings (SSSR count). The summed E-state index contributed by atoms with van der Waals surface area (Å²) < 4.78 is 5.29. The van der Waals surface area contributed by atoms with Crippen LogP contribution < -0.4 is 10.5 Å². The zero-order chi connectivity index (χ0) is 15.1. The SMILES string of the molecule is COc1cccc(C(CN)N(C)CCc2ccncc2)c1. The smallest absolute Gasteiger partial charge is 0.119 e. The number of ether oxygens (including phenoxy) is 1. The number of rotatable bonds is 7. The molecule has 21 heavy (non-hydrogen) atoms. The quantitative estimate of drug-likeness (QED) is 0.848. The minimum atomic E-state index is 0.196. The second-order valence-electron chi connectivity index (χ2n) is 5.11. The van der Waals surface area contributed by atoms with Crippen LogP contribution in [0, 0.1) is 0 Å². The van der Waals surface area contributed by atoms with Gasteiger partial charge in [0.1, 0.15) is 5.75 Å². The van der Waals surface area contributed by atoms with E-state index in [9.17, 15) is 0 Å². The number of pyridine rings is 1. The molecule has 0 aliphatic heterocycles. The topological polar surface area (TPSA) is 51.4 Å². The second kappa shape index (κ2) is 7.76. The Morgan fingerprint density at radius 1 is 1.24 bits per heavy atom. The number of methoxy groups -OCH3 is 1. The highest BCUT2D eigenvalue weighted by Gasteiger charge is 2.15. The van der Waals surface area contributed by atoms with Gasteiger partial charge in [0, 0.05) is 31.5 Å². The van der Waals surface area contributed by atoms with Gasteiger partial charge in [0.25, 0.3) is 0 Å². The van der Waals surface area contributed by atoms with E-state index in [0.717, 1.165) is 18.7 Å². The third-order valence-electron chi connectivity index (χ3n) is 3.74. The second-order valence-corrected chi connectivity index (χ2v) is 5.11. The molecule has 112 valence electrons. The van der Waals surface area contributed by atoms with Crippen LogP contribution in [-0.2, 0) is 6.42 Å². The van der Waals surface area contributed by atoms with E-state index < -0.39 is 0 Å². The van der Waals surface area contributed by atoms with Crippen molar-refractivity contribution in [3.63, 3.8) is 0 Å². The van der Waals surface area contributed by atoms with Gasteiger partial charge in [-0.1, -0.05) is 12.1 Å². The highest BCUT2D eigenvalue weighted by Crippen LogP contribution is 2.22. The molecule has 1 heterocycles. The van der Waals surface area contributed by atoms with Crippen LogP contribution in [0.3, 0.4) is 0 Å². The molecule has 4 nitrogen and oxygen atoms in total. The van der Waals surface area contributed by atoms with E-state index in [1.54, 1.807) is 7.11 Å². The summed E-state index contributed by atoms with van der Waals surface area (Å²) in [4.78, 5) is 6.33. The van der Waals surface area contributed by atoms with Crippen LogP contribution in [0.15, 0.2) is 48.8 Å². The van der Waals surface area contributed by atoms with Crippen LogP contribution in [0.2, 0.25) is 0 Å². The molecule has 0 radical (unpaired) electrons. The monoisotopic (exact) mass is 285 g/mol. The number of hydrogen-bond acceptors (Lipinski definition) is 4. The Labute approximate surface area is 126 Å². The Morgan fingerprint density at radius 3 is 2.67 bits per heavy atom. The Bertz CT molecular complexity index is 545. The van der Waals surface area contributed by atoms with Gasteiger partial charge in [-0.15, -0.1) is 0 Å². The molecule has 1 aromatic heterocycles. The summed E-state index contributed by atoms with van der Waals surface area (Å²) in [5.74, 6) is 0.869. The fraction of sp³-hybridized carbons (Fsp3) is 0.353. The van der Waals surface area contributed by atoms with E-state index in [4.69, 9.17) is 10.5 Å². The maximum absolute atomic E-state index is 5.97. The maximum atomic E-state index is 5.97. The molecule has 0 bridgehead atoms. The summed E-state index contributed by atoms with van der Waals surface area (Å²) in [6.45, 7) is 1.53. The van der Waals surface area contributed by atoms with Crippen LogP contribution in [0.25, 0.3) is 0 Å². The minimum absolute atomic E-state index is 0.196. The van der Waals surface area contributed by atoms with Gasteiger partial charge in [0.2, 0.25) is 0 Å². The first-order valence-corrected chi connectivity index (χ1v) is 7.17. The number of nitrogens with two attached hydrogens (primary N) is 1. The summed E-state index contributed by atoms with van der Waals surface area (Å²) in [5.41, 5.74) is 8.45. The number of benzene rings is 1. The Balaban J connectivity index is 2.02. The van der Waals surface area contributed by atoms with Crippen LogP contribution >= 0.6 is 0 Å². The zero-order valence-electron chi connectivity index (χ0n) is 12.7. The average molecular weight is 285 g/mol. The van der Waals surface area contributed by atoms with Crippen molar-refractivity contribution in [1.29, 1.82) is 0 Å². The van der Waals surface area contributed by atoms with E-state index in [1.165, 1.54) is 11.1 Å². The lowest BCUT2D eigenvalue weighted by molar-refractivity contribution is 0.252. The molecular weight excluding hydrogens is 262 g/mol. The zero-order valence-corrected chi connectivity index (χ0v) is 12.7. The third-order valence-corrected chi connectivity index (χ3v) is 3.74. The van der Waals surface area contributed by atoms with Gasteiger partial charge >= 0.3 is 0 Å². The van der Waals surface area contributed by atoms with Crippen molar-refractivity contribution in [2.75, 3.05) is 27.2 Å². The molecule has 0 aliphatic carbocycles. The molecule has 0 saturated heterocycles. The van der Waals surface area contributed by atoms with Gasteiger partial charge in [-0.2, -0.15) is 0 Å². The van der Waals surface area contributed by atoms with Crippen LogP contribution in [0.1, 0.15) is 17.2 Å². The van der Waals surface area contributed by atoms with Gasteiger partial charge in [-0.05, 0) is 48.9 Å². The van der Waals surface area contributed by atoms with E-state index in [1.807, 2.05) is 24.5 Å². The average Bonchev–Trinajstić information content (AvgIpc) is 2.55. The summed E-state index contributed by atoms with van der Waals surface area (Å²) in [5, 5.41) is 0. The summed E-state index contributed by atoms with van der Waals surface area (Å²) in [6.07, 6.45) is 4.65. The van der Waals surface area contributed by atoms with Crippen molar-refractivity contribution >= 4 is 0 Å². The summed E-state index contributed by atoms with van der Waals surface area (Å²) in [6, 6.07) is 12.4. The highest BCUT2D eigenvalue weighted by atomic mass is 16.5. The minimum Gasteiger partial charge on any atom is -0.497 e. The first-order valence-electron chi connectivity index (χ1n) is 7.17. The van der Waals surface area contributed by atoms with Gasteiger partial charge in [0.05, 0.1) is 7.11 Å². The van der Waals surface area contributed by atoms with Crippen molar-refractivity contribution in [3.8, 4) is 5.75 Å². The van der Waals surface area contributed by atoms with Crippen molar-refractivity contribution in [1.82, 2.24) is 9.88 Å². The van der Waals surface area contributed by atoms with Crippen molar-refractivity contribution in [2.24, 2.45) is 5.73 Å².